The van der Waals surface area contributed by atoms with Crippen molar-refractivity contribution < 1.29 is 9.90 Å². The van der Waals surface area contributed by atoms with Crippen LogP contribution in [0.25, 0.3) is 0 Å². The number of nitrogens with one attached hydrogen (secondary N) is 1. The number of aromatic hydroxyl groups is 1. The molecule has 0 aromatic heterocycles. The minimum atomic E-state index is -0.487. The number of benzene rings is 1. The number of carbonyl (C=O) groups is 1. The van der Waals surface area contributed by atoms with Gasteiger partial charge in [0.15, 0.2) is 0 Å². The van der Waals surface area contributed by atoms with Crippen molar-refractivity contribution in [1.29, 1.82) is 0 Å². The maximum Gasteiger partial charge on any atom is 0.241 e. The van der Waals surface area contributed by atoms with E-state index in [2.05, 4.69) is 5.32 Å². The third-order valence-electron chi connectivity index (χ3n) is 2.24. The monoisotopic (exact) mass is 208 g/mol. The molecule has 4 N–H and O–H groups in total. The molecular formula is C11H16N2O2. The molecule has 4 nitrogen and oxygen atoms in total. The van der Waals surface area contributed by atoms with Gasteiger partial charge in [0.1, 0.15) is 5.75 Å². The number of aryl methyl sites for hydroxylation is 1. The first-order valence-corrected chi connectivity index (χ1v) is 4.90. The van der Waals surface area contributed by atoms with Crippen molar-refractivity contribution >= 4 is 11.6 Å². The Bertz CT molecular complexity index is 364. The molecular weight excluding hydrogens is 192 g/mol. The quantitative estimate of drug-likeness (QED) is 0.657. The highest BCUT2D eigenvalue weighted by atomic mass is 16.3. The third-order valence-corrected chi connectivity index (χ3v) is 2.24. The fourth-order valence-electron chi connectivity index (χ4n) is 1.15. The highest BCUT2D eigenvalue weighted by molar-refractivity contribution is 5.94. The molecule has 1 aromatic carbocycles. The van der Waals surface area contributed by atoms with E-state index in [1.54, 1.807) is 25.1 Å². The summed E-state index contributed by atoms with van der Waals surface area (Å²) in [6, 6.07) is 4.40. The lowest BCUT2D eigenvalue weighted by Crippen LogP contribution is -2.34. The molecule has 1 amide bonds. The smallest absolute Gasteiger partial charge is 0.241 e. The Kier molecular flexibility index (Phi) is 3.68. The molecule has 0 aliphatic carbocycles. The molecule has 0 unspecified atom stereocenters. The second kappa shape index (κ2) is 4.79. The number of amides is 1. The van der Waals surface area contributed by atoms with Gasteiger partial charge in [-0.2, -0.15) is 0 Å². The van der Waals surface area contributed by atoms with E-state index in [4.69, 9.17) is 5.73 Å². The standard InChI is InChI=1S/C11H16N2O2/c1-3-9(12)11(15)13-8-4-5-10(14)7(2)6-8/h4-6,9,14H,3,12H2,1-2H3,(H,13,15)/t9-/m1/s1. The third kappa shape index (κ3) is 2.95. The fraction of sp³-hybridized carbons (Fsp3) is 0.364. The van der Waals surface area contributed by atoms with Crippen molar-refractivity contribution in [3.63, 3.8) is 0 Å². The van der Waals surface area contributed by atoms with E-state index in [0.29, 0.717) is 12.1 Å². The number of phenols is 1. The summed E-state index contributed by atoms with van der Waals surface area (Å²) < 4.78 is 0. The van der Waals surface area contributed by atoms with Gasteiger partial charge in [-0.1, -0.05) is 6.92 Å². The number of rotatable bonds is 3. The summed E-state index contributed by atoms with van der Waals surface area (Å²) >= 11 is 0. The highest BCUT2D eigenvalue weighted by Crippen LogP contribution is 2.20. The lowest BCUT2D eigenvalue weighted by molar-refractivity contribution is -0.117. The Labute approximate surface area is 89.1 Å². The van der Waals surface area contributed by atoms with Crippen LogP contribution in [-0.2, 0) is 4.79 Å². The van der Waals surface area contributed by atoms with Gasteiger partial charge in [-0.3, -0.25) is 4.79 Å². The Hall–Kier alpha value is -1.55. The molecule has 0 saturated carbocycles. The van der Waals surface area contributed by atoms with Gasteiger partial charge < -0.3 is 16.2 Å². The predicted octanol–water partition coefficient (Wildman–Crippen LogP) is 1.38. The second-order valence-electron chi connectivity index (χ2n) is 3.51. The van der Waals surface area contributed by atoms with Gasteiger partial charge in [-0.15, -0.1) is 0 Å². The highest BCUT2D eigenvalue weighted by Gasteiger charge is 2.11. The first-order chi connectivity index (χ1) is 7.04. The summed E-state index contributed by atoms with van der Waals surface area (Å²) in [5.41, 5.74) is 6.94. The lowest BCUT2D eigenvalue weighted by Gasteiger charge is -2.10. The fourth-order valence-corrected chi connectivity index (χ4v) is 1.15. The number of phenolic OH excluding ortho intramolecular Hbond substituents is 1. The predicted molar refractivity (Wildman–Crippen MR) is 59.7 cm³/mol. The molecule has 0 bridgehead atoms. The number of anilines is 1. The van der Waals surface area contributed by atoms with Gasteiger partial charge >= 0.3 is 0 Å². The van der Waals surface area contributed by atoms with E-state index in [1.165, 1.54) is 0 Å². The molecule has 0 aliphatic heterocycles. The summed E-state index contributed by atoms with van der Waals surface area (Å²) in [6.07, 6.45) is 0.600. The zero-order chi connectivity index (χ0) is 11.4. The summed E-state index contributed by atoms with van der Waals surface area (Å²) in [4.78, 5) is 11.4. The van der Waals surface area contributed by atoms with Gasteiger partial charge in [0.25, 0.3) is 0 Å². The molecule has 0 heterocycles. The Balaban J connectivity index is 2.73. The van der Waals surface area contributed by atoms with Crippen LogP contribution in [0.1, 0.15) is 18.9 Å². The molecule has 1 atom stereocenters. The zero-order valence-corrected chi connectivity index (χ0v) is 8.95. The minimum Gasteiger partial charge on any atom is -0.508 e. The summed E-state index contributed by atoms with van der Waals surface area (Å²) in [5, 5.41) is 12.0. The summed E-state index contributed by atoms with van der Waals surface area (Å²) in [7, 11) is 0. The van der Waals surface area contributed by atoms with Crippen LogP contribution in [0, 0.1) is 6.92 Å². The zero-order valence-electron chi connectivity index (χ0n) is 8.95. The molecule has 82 valence electrons. The van der Waals surface area contributed by atoms with Gasteiger partial charge in [-0.25, -0.2) is 0 Å². The first-order valence-electron chi connectivity index (χ1n) is 4.90. The maximum absolute atomic E-state index is 11.4. The Morgan fingerprint density at radius 3 is 2.80 bits per heavy atom. The molecule has 0 aliphatic rings. The average molecular weight is 208 g/mol. The van der Waals surface area contributed by atoms with E-state index < -0.39 is 6.04 Å². The van der Waals surface area contributed by atoms with Gasteiger partial charge in [0, 0.05) is 5.69 Å². The second-order valence-corrected chi connectivity index (χ2v) is 3.51. The number of carbonyl (C=O) groups excluding carboxylic acids is 1. The van der Waals surface area contributed by atoms with Crippen molar-refractivity contribution in [2.24, 2.45) is 5.73 Å². The topological polar surface area (TPSA) is 75.4 Å². The SMILES string of the molecule is CC[C@@H](N)C(=O)Nc1ccc(O)c(C)c1. The number of hydrogen-bond acceptors (Lipinski definition) is 3. The minimum absolute atomic E-state index is 0.206. The van der Waals surface area contributed by atoms with E-state index in [1.807, 2.05) is 6.92 Å². The molecule has 0 radical (unpaired) electrons. The Morgan fingerprint density at radius 2 is 2.27 bits per heavy atom. The molecule has 4 heteroatoms. The van der Waals surface area contributed by atoms with Crippen LogP contribution in [-0.4, -0.2) is 17.1 Å². The van der Waals surface area contributed by atoms with Gasteiger partial charge in [0.05, 0.1) is 6.04 Å². The van der Waals surface area contributed by atoms with Crippen molar-refractivity contribution in [3.8, 4) is 5.75 Å². The molecule has 0 spiro atoms. The van der Waals surface area contributed by atoms with Crippen molar-refractivity contribution in [2.75, 3.05) is 5.32 Å². The number of nitrogens with two attached hydrogens (primary N) is 1. The van der Waals surface area contributed by atoms with Crippen molar-refractivity contribution in [3.05, 3.63) is 23.8 Å². The molecule has 0 fully saturated rings. The van der Waals surface area contributed by atoms with Crippen LogP contribution < -0.4 is 11.1 Å². The van der Waals surface area contributed by atoms with E-state index in [9.17, 15) is 9.90 Å². The largest absolute Gasteiger partial charge is 0.508 e. The van der Waals surface area contributed by atoms with E-state index in [0.717, 1.165) is 5.56 Å². The van der Waals surface area contributed by atoms with Gasteiger partial charge in [-0.05, 0) is 37.1 Å². The van der Waals surface area contributed by atoms with Crippen molar-refractivity contribution in [1.82, 2.24) is 0 Å². The average Bonchev–Trinajstić information content (AvgIpc) is 2.22. The molecule has 0 saturated heterocycles. The summed E-state index contributed by atoms with van der Waals surface area (Å²) in [5.74, 6) is 0.00961. The van der Waals surface area contributed by atoms with Crippen LogP contribution in [0.15, 0.2) is 18.2 Å². The van der Waals surface area contributed by atoms with Crippen molar-refractivity contribution in [2.45, 2.75) is 26.3 Å². The first kappa shape index (κ1) is 11.5. The lowest BCUT2D eigenvalue weighted by atomic mass is 10.2. The molecule has 15 heavy (non-hydrogen) atoms. The van der Waals surface area contributed by atoms with Crippen LogP contribution in [0.4, 0.5) is 5.69 Å². The van der Waals surface area contributed by atoms with Gasteiger partial charge in [0.2, 0.25) is 5.91 Å². The molecule has 1 rings (SSSR count). The van der Waals surface area contributed by atoms with Crippen LogP contribution >= 0.6 is 0 Å². The van der Waals surface area contributed by atoms with E-state index in [-0.39, 0.29) is 11.7 Å². The van der Waals surface area contributed by atoms with Crippen LogP contribution in [0.3, 0.4) is 0 Å². The Morgan fingerprint density at radius 1 is 1.60 bits per heavy atom. The summed E-state index contributed by atoms with van der Waals surface area (Å²) in [6.45, 7) is 3.62. The van der Waals surface area contributed by atoms with Crippen LogP contribution in [0.5, 0.6) is 5.75 Å². The van der Waals surface area contributed by atoms with Crippen LogP contribution in [0.2, 0.25) is 0 Å². The number of hydrogen-bond donors (Lipinski definition) is 3. The van der Waals surface area contributed by atoms with E-state index >= 15 is 0 Å². The maximum atomic E-state index is 11.4. The molecule has 1 aromatic rings. The normalized spacial score (nSPS) is 12.2.